The Morgan fingerprint density at radius 3 is 2.93 bits per heavy atom. The lowest BCUT2D eigenvalue weighted by Crippen LogP contribution is -1.79. The number of nitrogens with zero attached hydrogens (tertiary/aromatic N) is 2. The molecule has 2 aromatic rings. The van der Waals surface area contributed by atoms with Crippen LogP contribution < -0.4 is 0 Å². The van der Waals surface area contributed by atoms with Gasteiger partial charge in [0.2, 0.25) is 0 Å². The van der Waals surface area contributed by atoms with Crippen molar-refractivity contribution in [3.63, 3.8) is 0 Å². The lowest BCUT2D eigenvalue weighted by molar-refractivity contribution is 0.976. The first-order chi connectivity index (χ1) is 7.33. The third-order valence-corrected chi connectivity index (χ3v) is 2.30. The predicted octanol–water partition coefficient (Wildman–Crippen LogP) is 2.51. The molecule has 1 heterocycles. The van der Waals surface area contributed by atoms with Crippen LogP contribution in [0, 0.1) is 11.3 Å². The van der Waals surface area contributed by atoms with Gasteiger partial charge >= 0.3 is 0 Å². The molecule has 0 aliphatic carbocycles. The molecule has 3 nitrogen and oxygen atoms in total. The molecule has 0 saturated heterocycles. The van der Waals surface area contributed by atoms with Crippen molar-refractivity contribution < 1.29 is 0 Å². The topological polar surface area (TPSA) is 52.5 Å². The maximum atomic E-state index is 8.78. The Bertz CT molecular complexity index is 506. The Labute approximate surface area is 88.4 Å². The summed E-state index contributed by atoms with van der Waals surface area (Å²) in [6, 6.07) is 11.6. The van der Waals surface area contributed by atoms with E-state index in [1.165, 1.54) is 0 Å². The first-order valence-corrected chi connectivity index (χ1v) is 4.88. The molecule has 0 fully saturated rings. The number of benzene rings is 1. The number of nitrogens with one attached hydrogen (secondary N) is 1. The van der Waals surface area contributed by atoms with Gasteiger partial charge in [-0.05, 0) is 24.6 Å². The van der Waals surface area contributed by atoms with E-state index in [1.807, 2.05) is 24.3 Å². The molecule has 74 valence electrons. The van der Waals surface area contributed by atoms with Crippen LogP contribution in [0.4, 0.5) is 0 Å². The minimum absolute atomic E-state index is 0.661. The number of rotatable bonds is 2. The Morgan fingerprint density at radius 1 is 1.40 bits per heavy atom. The zero-order valence-corrected chi connectivity index (χ0v) is 8.49. The van der Waals surface area contributed by atoms with Crippen molar-refractivity contribution in [3.8, 4) is 17.3 Å². The summed E-state index contributed by atoms with van der Waals surface area (Å²) in [7, 11) is 0. The van der Waals surface area contributed by atoms with Crippen LogP contribution in [0.25, 0.3) is 11.3 Å². The summed E-state index contributed by atoms with van der Waals surface area (Å²) in [5, 5.41) is 15.9. The average molecular weight is 197 g/mol. The summed E-state index contributed by atoms with van der Waals surface area (Å²) in [5.41, 5.74) is 3.63. The molecule has 0 unspecified atom stereocenters. The lowest BCUT2D eigenvalue weighted by Gasteiger charge is -1.95. The average Bonchev–Trinajstić information content (AvgIpc) is 2.78. The molecule has 0 radical (unpaired) electrons. The molecule has 1 aromatic carbocycles. The fraction of sp³-hybridized carbons (Fsp3) is 0.167. The van der Waals surface area contributed by atoms with Gasteiger partial charge in [-0.15, -0.1) is 0 Å². The normalized spacial score (nSPS) is 9.87. The zero-order valence-electron chi connectivity index (χ0n) is 8.49. The van der Waals surface area contributed by atoms with Crippen LogP contribution in [0.1, 0.15) is 18.2 Å². The van der Waals surface area contributed by atoms with Crippen molar-refractivity contribution in [3.05, 3.63) is 41.6 Å². The number of aromatic nitrogens is 2. The van der Waals surface area contributed by atoms with E-state index in [2.05, 4.69) is 23.2 Å². The predicted molar refractivity (Wildman–Crippen MR) is 58.1 cm³/mol. The molecule has 0 bridgehead atoms. The lowest BCUT2D eigenvalue weighted by atomic mass is 10.1. The SMILES string of the molecule is CCc1cc(-c2cccc(C#N)c2)n[nH]1. The number of hydrogen-bond donors (Lipinski definition) is 1. The molecule has 1 aromatic heterocycles. The molecule has 0 saturated carbocycles. The van der Waals surface area contributed by atoms with Gasteiger partial charge in [0.15, 0.2) is 0 Å². The third kappa shape index (κ3) is 1.89. The van der Waals surface area contributed by atoms with E-state index in [1.54, 1.807) is 6.07 Å². The number of aryl methyl sites for hydroxylation is 1. The number of H-pyrrole nitrogens is 1. The van der Waals surface area contributed by atoms with E-state index in [-0.39, 0.29) is 0 Å². The number of aromatic amines is 1. The molecule has 15 heavy (non-hydrogen) atoms. The molecule has 3 heteroatoms. The zero-order chi connectivity index (χ0) is 10.7. The summed E-state index contributed by atoms with van der Waals surface area (Å²) in [5.74, 6) is 0. The second kappa shape index (κ2) is 3.97. The van der Waals surface area contributed by atoms with Crippen LogP contribution in [0.5, 0.6) is 0 Å². The second-order valence-corrected chi connectivity index (χ2v) is 3.32. The maximum Gasteiger partial charge on any atom is 0.0991 e. The summed E-state index contributed by atoms with van der Waals surface area (Å²) in [6.45, 7) is 2.07. The standard InChI is InChI=1S/C12H11N3/c1-2-11-7-12(15-14-11)10-5-3-4-9(6-10)8-13/h3-7H,2H2,1H3,(H,14,15). The first kappa shape index (κ1) is 9.47. The van der Waals surface area contributed by atoms with E-state index >= 15 is 0 Å². The summed E-state index contributed by atoms with van der Waals surface area (Å²) in [4.78, 5) is 0. The highest BCUT2D eigenvalue weighted by Gasteiger charge is 2.03. The fourth-order valence-corrected chi connectivity index (χ4v) is 1.44. The Morgan fingerprint density at radius 2 is 2.27 bits per heavy atom. The van der Waals surface area contributed by atoms with Crippen molar-refractivity contribution in [1.29, 1.82) is 5.26 Å². The number of hydrogen-bond acceptors (Lipinski definition) is 2. The van der Waals surface area contributed by atoms with Crippen molar-refractivity contribution in [2.45, 2.75) is 13.3 Å². The molecule has 0 atom stereocenters. The minimum Gasteiger partial charge on any atom is -0.282 e. The van der Waals surface area contributed by atoms with E-state index in [9.17, 15) is 0 Å². The number of nitriles is 1. The largest absolute Gasteiger partial charge is 0.282 e. The minimum atomic E-state index is 0.661. The van der Waals surface area contributed by atoms with Gasteiger partial charge in [0.05, 0.1) is 17.3 Å². The molecule has 0 spiro atoms. The molecule has 2 rings (SSSR count). The maximum absolute atomic E-state index is 8.78. The first-order valence-electron chi connectivity index (χ1n) is 4.88. The van der Waals surface area contributed by atoms with Crippen molar-refractivity contribution in [2.24, 2.45) is 0 Å². The van der Waals surface area contributed by atoms with Crippen LogP contribution in [0.15, 0.2) is 30.3 Å². The van der Waals surface area contributed by atoms with Gasteiger partial charge < -0.3 is 0 Å². The molecule has 0 aliphatic rings. The Kier molecular flexibility index (Phi) is 2.51. The van der Waals surface area contributed by atoms with E-state index < -0.39 is 0 Å². The van der Waals surface area contributed by atoms with Gasteiger partial charge in [0.25, 0.3) is 0 Å². The quantitative estimate of drug-likeness (QED) is 0.804. The highest BCUT2D eigenvalue weighted by atomic mass is 15.1. The summed E-state index contributed by atoms with van der Waals surface area (Å²) >= 11 is 0. The van der Waals surface area contributed by atoms with E-state index in [4.69, 9.17) is 5.26 Å². The van der Waals surface area contributed by atoms with Crippen LogP contribution in [-0.4, -0.2) is 10.2 Å². The summed E-state index contributed by atoms with van der Waals surface area (Å²) in [6.07, 6.45) is 0.935. The van der Waals surface area contributed by atoms with Crippen molar-refractivity contribution in [1.82, 2.24) is 10.2 Å². The smallest absolute Gasteiger partial charge is 0.0991 e. The highest BCUT2D eigenvalue weighted by molar-refractivity contribution is 5.61. The molecular formula is C12H11N3. The molecule has 0 amide bonds. The van der Waals surface area contributed by atoms with Crippen LogP contribution in [-0.2, 0) is 6.42 Å². The van der Waals surface area contributed by atoms with Crippen molar-refractivity contribution in [2.75, 3.05) is 0 Å². The monoisotopic (exact) mass is 197 g/mol. The van der Waals surface area contributed by atoms with Crippen LogP contribution >= 0.6 is 0 Å². The summed E-state index contributed by atoms with van der Waals surface area (Å²) < 4.78 is 0. The fourth-order valence-electron chi connectivity index (χ4n) is 1.44. The van der Waals surface area contributed by atoms with Crippen molar-refractivity contribution >= 4 is 0 Å². The van der Waals surface area contributed by atoms with Gasteiger partial charge in [-0.2, -0.15) is 10.4 Å². The van der Waals surface area contributed by atoms with Gasteiger partial charge in [-0.3, -0.25) is 5.10 Å². The second-order valence-electron chi connectivity index (χ2n) is 3.32. The molecular weight excluding hydrogens is 186 g/mol. The Balaban J connectivity index is 2.41. The Hall–Kier alpha value is -2.08. The van der Waals surface area contributed by atoms with E-state index in [0.29, 0.717) is 5.56 Å². The van der Waals surface area contributed by atoms with Gasteiger partial charge in [0.1, 0.15) is 0 Å². The van der Waals surface area contributed by atoms with Gasteiger partial charge in [0, 0.05) is 11.3 Å². The molecule has 0 aliphatic heterocycles. The van der Waals surface area contributed by atoms with Crippen LogP contribution in [0.2, 0.25) is 0 Å². The van der Waals surface area contributed by atoms with Gasteiger partial charge in [-0.1, -0.05) is 19.1 Å². The third-order valence-electron chi connectivity index (χ3n) is 2.30. The van der Waals surface area contributed by atoms with Gasteiger partial charge in [-0.25, -0.2) is 0 Å². The highest BCUT2D eigenvalue weighted by Crippen LogP contribution is 2.18. The van der Waals surface area contributed by atoms with Crippen LogP contribution in [0.3, 0.4) is 0 Å². The van der Waals surface area contributed by atoms with E-state index in [0.717, 1.165) is 23.4 Å². The molecule has 1 N–H and O–H groups in total.